The molecular weight excluding hydrogens is 422 g/mol. The maximum Gasteiger partial charge on any atom is 0.321 e. The number of hydrogen-bond acceptors (Lipinski definition) is 4. The van der Waals surface area contributed by atoms with Crippen molar-refractivity contribution in [1.82, 2.24) is 14.9 Å². The molecule has 1 fully saturated rings. The Balaban J connectivity index is 1.52. The molecule has 1 N–H and O–H groups in total. The third-order valence-electron chi connectivity index (χ3n) is 6.45. The summed E-state index contributed by atoms with van der Waals surface area (Å²) in [5, 5.41) is 3.10. The molecule has 0 atom stereocenters. The molecule has 2 heterocycles. The number of carbonyl (C=O) groups is 1. The lowest BCUT2D eigenvalue weighted by molar-refractivity contribution is 0.215. The lowest BCUT2D eigenvalue weighted by Gasteiger charge is -2.26. The van der Waals surface area contributed by atoms with E-state index in [1.807, 2.05) is 36.9 Å². The number of aromatic nitrogens is 2. The molecule has 34 heavy (non-hydrogen) atoms. The summed E-state index contributed by atoms with van der Waals surface area (Å²) in [5.41, 5.74) is 6.72. The van der Waals surface area contributed by atoms with Gasteiger partial charge in [-0.05, 0) is 50.8 Å². The van der Waals surface area contributed by atoms with Gasteiger partial charge in [0.05, 0.1) is 0 Å². The number of hydrogen-bond donors (Lipinski definition) is 1. The van der Waals surface area contributed by atoms with Crippen LogP contribution in [0.3, 0.4) is 0 Å². The van der Waals surface area contributed by atoms with Crippen molar-refractivity contribution >= 4 is 17.5 Å². The Morgan fingerprint density at radius 2 is 1.76 bits per heavy atom. The summed E-state index contributed by atoms with van der Waals surface area (Å²) in [7, 11) is 0. The van der Waals surface area contributed by atoms with Crippen molar-refractivity contribution in [3.8, 4) is 0 Å². The first-order valence-corrected chi connectivity index (χ1v) is 12.2. The topological polar surface area (TPSA) is 61.4 Å². The molecule has 0 saturated carbocycles. The minimum Gasteiger partial charge on any atom is -0.354 e. The van der Waals surface area contributed by atoms with E-state index in [0.29, 0.717) is 6.54 Å². The van der Waals surface area contributed by atoms with Crippen molar-refractivity contribution in [2.24, 2.45) is 0 Å². The first kappa shape index (κ1) is 23.7. The Bertz CT molecular complexity index is 1150. The average Bonchev–Trinajstić information content (AvgIpc) is 3.09. The summed E-state index contributed by atoms with van der Waals surface area (Å²) in [6.07, 6.45) is 2.58. The lowest BCUT2D eigenvalue weighted by atomic mass is 10.0. The number of rotatable bonds is 5. The highest BCUT2D eigenvalue weighted by Gasteiger charge is 2.24. The maximum absolute atomic E-state index is 13.0. The Kier molecular flexibility index (Phi) is 7.46. The third-order valence-corrected chi connectivity index (χ3v) is 6.45. The highest BCUT2D eigenvalue weighted by molar-refractivity contribution is 5.90. The minimum atomic E-state index is -0.0357. The van der Waals surface area contributed by atoms with Gasteiger partial charge in [-0.15, -0.1) is 0 Å². The van der Waals surface area contributed by atoms with Crippen molar-refractivity contribution < 1.29 is 4.79 Å². The normalized spacial score (nSPS) is 14.1. The number of amides is 2. The molecule has 2 amide bonds. The molecule has 1 aromatic heterocycles. The van der Waals surface area contributed by atoms with E-state index < -0.39 is 0 Å². The molecule has 1 aliphatic heterocycles. The zero-order chi connectivity index (χ0) is 24.1. The molecule has 0 spiro atoms. The number of nitrogens with zero attached hydrogens (tertiary/aromatic N) is 4. The average molecular weight is 458 g/mol. The van der Waals surface area contributed by atoms with E-state index in [1.54, 1.807) is 0 Å². The molecule has 0 aliphatic carbocycles. The highest BCUT2D eigenvalue weighted by atomic mass is 16.2. The largest absolute Gasteiger partial charge is 0.354 e. The smallest absolute Gasteiger partial charge is 0.321 e. The predicted octanol–water partition coefficient (Wildman–Crippen LogP) is 5.30. The fourth-order valence-electron chi connectivity index (χ4n) is 4.65. The van der Waals surface area contributed by atoms with Crippen LogP contribution in [0.25, 0.3) is 0 Å². The zero-order valence-corrected chi connectivity index (χ0v) is 20.8. The van der Waals surface area contributed by atoms with Crippen LogP contribution in [-0.2, 0) is 12.8 Å². The van der Waals surface area contributed by atoms with E-state index in [2.05, 4.69) is 54.4 Å². The molecule has 4 rings (SSSR count). The van der Waals surface area contributed by atoms with Gasteiger partial charge in [0.25, 0.3) is 0 Å². The van der Waals surface area contributed by atoms with Gasteiger partial charge < -0.3 is 15.1 Å². The quantitative estimate of drug-likeness (QED) is 0.565. The summed E-state index contributed by atoms with van der Waals surface area (Å²) in [4.78, 5) is 27.0. The van der Waals surface area contributed by atoms with E-state index >= 15 is 0 Å². The molecular formula is C28H35N5O. The molecule has 6 nitrogen and oxygen atoms in total. The summed E-state index contributed by atoms with van der Waals surface area (Å²) in [6.45, 7) is 11.2. The fraction of sp³-hybridized carbons (Fsp3) is 0.393. The van der Waals surface area contributed by atoms with Crippen molar-refractivity contribution in [1.29, 1.82) is 0 Å². The lowest BCUT2D eigenvalue weighted by Crippen LogP contribution is -2.38. The molecule has 2 aromatic carbocycles. The SMILES string of the molecule is CCc1nc(C)nc(N2CCCN(C(=O)Nc3ccc(C)cc3C)CC2)c1Cc1ccccc1. The summed E-state index contributed by atoms with van der Waals surface area (Å²) < 4.78 is 0. The van der Waals surface area contributed by atoms with Crippen LogP contribution in [0.5, 0.6) is 0 Å². The van der Waals surface area contributed by atoms with Gasteiger partial charge in [0.15, 0.2) is 0 Å². The Labute approximate surface area is 203 Å². The van der Waals surface area contributed by atoms with Crippen LogP contribution in [0.4, 0.5) is 16.3 Å². The van der Waals surface area contributed by atoms with Gasteiger partial charge in [0.1, 0.15) is 11.6 Å². The van der Waals surface area contributed by atoms with Crippen LogP contribution < -0.4 is 10.2 Å². The number of aryl methyl sites for hydroxylation is 4. The van der Waals surface area contributed by atoms with Crippen LogP contribution in [0.15, 0.2) is 48.5 Å². The van der Waals surface area contributed by atoms with Gasteiger partial charge in [-0.1, -0.05) is 55.0 Å². The van der Waals surface area contributed by atoms with Gasteiger partial charge in [-0.3, -0.25) is 0 Å². The Hall–Kier alpha value is -3.41. The van der Waals surface area contributed by atoms with E-state index in [-0.39, 0.29) is 6.03 Å². The van der Waals surface area contributed by atoms with Crippen LogP contribution in [0.2, 0.25) is 0 Å². The van der Waals surface area contributed by atoms with Crippen molar-refractivity contribution in [2.45, 2.75) is 47.0 Å². The van der Waals surface area contributed by atoms with Gasteiger partial charge in [-0.25, -0.2) is 14.8 Å². The molecule has 6 heteroatoms. The second-order valence-electron chi connectivity index (χ2n) is 9.11. The van der Waals surface area contributed by atoms with E-state index in [4.69, 9.17) is 9.97 Å². The first-order valence-electron chi connectivity index (χ1n) is 12.2. The van der Waals surface area contributed by atoms with E-state index in [0.717, 1.165) is 67.5 Å². The second kappa shape index (κ2) is 10.7. The molecule has 178 valence electrons. The highest BCUT2D eigenvalue weighted by Crippen LogP contribution is 2.26. The van der Waals surface area contributed by atoms with Crippen LogP contribution in [0.1, 0.15) is 47.1 Å². The fourth-order valence-corrected chi connectivity index (χ4v) is 4.65. The van der Waals surface area contributed by atoms with Crippen molar-refractivity contribution in [3.05, 3.63) is 82.3 Å². The van der Waals surface area contributed by atoms with Crippen LogP contribution in [0, 0.1) is 20.8 Å². The van der Waals surface area contributed by atoms with Gasteiger partial charge >= 0.3 is 6.03 Å². The van der Waals surface area contributed by atoms with Gasteiger partial charge in [0, 0.05) is 49.5 Å². The molecule has 3 aromatic rings. The third kappa shape index (κ3) is 5.56. The number of nitrogens with one attached hydrogen (secondary N) is 1. The van der Waals surface area contributed by atoms with Crippen LogP contribution >= 0.6 is 0 Å². The van der Waals surface area contributed by atoms with Crippen molar-refractivity contribution in [3.63, 3.8) is 0 Å². The maximum atomic E-state index is 13.0. The monoisotopic (exact) mass is 457 g/mol. The molecule has 0 bridgehead atoms. The van der Waals surface area contributed by atoms with Crippen molar-refractivity contribution in [2.75, 3.05) is 36.4 Å². The minimum absolute atomic E-state index is 0.0357. The summed E-state index contributed by atoms with van der Waals surface area (Å²) in [6, 6.07) is 16.6. The second-order valence-corrected chi connectivity index (χ2v) is 9.11. The van der Waals surface area contributed by atoms with Gasteiger partial charge in [0.2, 0.25) is 0 Å². The number of anilines is 2. The van der Waals surface area contributed by atoms with E-state index in [1.165, 1.54) is 16.7 Å². The molecule has 1 saturated heterocycles. The Morgan fingerprint density at radius 3 is 2.50 bits per heavy atom. The predicted molar refractivity (Wildman–Crippen MR) is 139 cm³/mol. The number of urea groups is 1. The van der Waals surface area contributed by atoms with Crippen LogP contribution in [-0.4, -0.2) is 47.1 Å². The molecule has 0 radical (unpaired) electrons. The zero-order valence-electron chi connectivity index (χ0n) is 20.8. The molecule has 1 aliphatic rings. The summed E-state index contributed by atoms with van der Waals surface area (Å²) in [5.74, 6) is 1.82. The molecule has 0 unspecified atom stereocenters. The number of benzene rings is 2. The van der Waals surface area contributed by atoms with Gasteiger partial charge in [-0.2, -0.15) is 0 Å². The Morgan fingerprint density at radius 1 is 0.971 bits per heavy atom. The standard InChI is InChI=1S/C28H35N5O/c1-5-25-24(19-23-10-7-6-8-11-23)27(30-22(4)29-25)32-14-9-15-33(17-16-32)28(34)31-26-13-12-20(2)18-21(26)3/h6-8,10-13,18H,5,9,14-17,19H2,1-4H3,(H,31,34). The first-order chi connectivity index (χ1) is 16.4. The van der Waals surface area contributed by atoms with E-state index in [9.17, 15) is 4.79 Å². The summed E-state index contributed by atoms with van der Waals surface area (Å²) >= 11 is 0. The number of carbonyl (C=O) groups excluding carboxylic acids is 1.